The van der Waals surface area contributed by atoms with E-state index >= 15 is 0 Å². The van der Waals surface area contributed by atoms with Crippen LogP contribution >= 0.6 is 11.3 Å². The molecular weight excluding hydrogens is 273 g/mol. The number of nitrogens with one attached hydrogen (secondary N) is 1. The molecule has 0 aliphatic rings. The molecule has 2 aromatic heterocycles. The molecule has 2 heterocycles. The zero-order valence-electron chi connectivity index (χ0n) is 10.6. The van der Waals surface area contributed by atoms with Crippen LogP contribution in [0.2, 0.25) is 0 Å². The first kappa shape index (κ1) is 12.7. The maximum Gasteiger partial charge on any atom is 0.139 e. The van der Waals surface area contributed by atoms with Crippen LogP contribution < -0.4 is 5.32 Å². The van der Waals surface area contributed by atoms with Crippen molar-refractivity contribution in [3.05, 3.63) is 54.4 Å². The second-order valence-corrected chi connectivity index (χ2v) is 5.09. The van der Waals surface area contributed by atoms with Crippen molar-refractivity contribution in [2.75, 3.05) is 11.9 Å². The molecule has 3 aromatic rings. The van der Waals surface area contributed by atoms with Crippen LogP contribution in [0.3, 0.4) is 0 Å². The third-order valence-corrected chi connectivity index (χ3v) is 3.83. The zero-order valence-corrected chi connectivity index (χ0v) is 11.5. The van der Waals surface area contributed by atoms with Crippen LogP contribution in [0.25, 0.3) is 21.3 Å². The standard InChI is InChI=1S/C15H12FN3S/c1-2-7-17-14-13-12(8-20-15(13)19-9-18-14)10-3-5-11(16)6-4-10/h2-6,8-9H,1,7H2,(H,17,18,19). The quantitative estimate of drug-likeness (QED) is 0.733. The van der Waals surface area contributed by atoms with Gasteiger partial charge in [-0.05, 0) is 17.7 Å². The number of thiophene rings is 1. The zero-order chi connectivity index (χ0) is 13.9. The molecule has 0 bridgehead atoms. The minimum absolute atomic E-state index is 0.241. The summed E-state index contributed by atoms with van der Waals surface area (Å²) < 4.78 is 13.0. The summed E-state index contributed by atoms with van der Waals surface area (Å²) in [5.41, 5.74) is 1.96. The maximum atomic E-state index is 13.0. The smallest absolute Gasteiger partial charge is 0.139 e. The number of rotatable bonds is 4. The van der Waals surface area contributed by atoms with Crippen molar-refractivity contribution in [3.8, 4) is 11.1 Å². The molecule has 0 amide bonds. The van der Waals surface area contributed by atoms with Gasteiger partial charge >= 0.3 is 0 Å². The van der Waals surface area contributed by atoms with Crippen molar-refractivity contribution >= 4 is 27.4 Å². The van der Waals surface area contributed by atoms with Crippen molar-refractivity contribution in [3.63, 3.8) is 0 Å². The Kier molecular flexibility index (Phi) is 3.43. The molecule has 0 spiro atoms. The molecule has 1 N–H and O–H groups in total. The van der Waals surface area contributed by atoms with Crippen LogP contribution in [0, 0.1) is 5.82 Å². The molecule has 0 unspecified atom stereocenters. The van der Waals surface area contributed by atoms with Crippen molar-refractivity contribution in [1.82, 2.24) is 9.97 Å². The molecule has 0 saturated heterocycles. The van der Waals surface area contributed by atoms with Crippen molar-refractivity contribution in [2.24, 2.45) is 0 Å². The van der Waals surface area contributed by atoms with E-state index in [1.54, 1.807) is 35.9 Å². The Hall–Kier alpha value is -2.27. The van der Waals surface area contributed by atoms with Crippen LogP contribution in [0.4, 0.5) is 10.2 Å². The lowest BCUT2D eigenvalue weighted by atomic mass is 10.1. The first-order valence-corrected chi connectivity index (χ1v) is 7.00. The van der Waals surface area contributed by atoms with Gasteiger partial charge in [0.1, 0.15) is 22.8 Å². The monoisotopic (exact) mass is 285 g/mol. The van der Waals surface area contributed by atoms with Gasteiger partial charge in [-0.2, -0.15) is 0 Å². The van der Waals surface area contributed by atoms with Crippen molar-refractivity contribution in [1.29, 1.82) is 0 Å². The van der Waals surface area contributed by atoms with Crippen LogP contribution in [-0.2, 0) is 0 Å². The molecule has 3 rings (SSSR count). The summed E-state index contributed by atoms with van der Waals surface area (Å²) in [7, 11) is 0. The fourth-order valence-corrected chi connectivity index (χ4v) is 2.94. The molecule has 0 atom stereocenters. The summed E-state index contributed by atoms with van der Waals surface area (Å²) in [5, 5.41) is 6.19. The Balaban J connectivity index is 2.15. The first-order valence-electron chi connectivity index (χ1n) is 6.12. The molecule has 0 aliphatic heterocycles. The van der Waals surface area contributed by atoms with Gasteiger partial charge in [0, 0.05) is 17.5 Å². The van der Waals surface area contributed by atoms with Crippen molar-refractivity contribution < 1.29 is 4.39 Å². The fraction of sp³-hybridized carbons (Fsp3) is 0.0667. The highest BCUT2D eigenvalue weighted by Crippen LogP contribution is 2.36. The average molecular weight is 285 g/mol. The van der Waals surface area contributed by atoms with E-state index in [2.05, 4.69) is 21.9 Å². The molecule has 0 aliphatic carbocycles. The van der Waals surface area contributed by atoms with Gasteiger partial charge in [-0.3, -0.25) is 0 Å². The fourth-order valence-electron chi connectivity index (χ4n) is 2.02. The molecule has 5 heteroatoms. The Bertz CT molecular complexity index is 749. The molecular formula is C15H12FN3S. The Morgan fingerprint density at radius 2 is 2.05 bits per heavy atom. The number of fused-ring (bicyclic) bond motifs is 1. The predicted molar refractivity (Wildman–Crippen MR) is 81.5 cm³/mol. The number of benzene rings is 1. The van der Waals surface area contributed by atoms with Gasteiger partial charge in [-0.1, -0.05) is 18.2 Å². The molecule has 100 valence electrons. The van der Waals surface area contributed by atoms with Gasteiger partial charge in [-0.15, -0.1) is 17.9 Å². The van der Waals surface area contributed by atoms with E-state index in [0.717, 1.165) is 27.2 Å². The second kappa shape index (κ2) is 5.38. The first-order chi connectivity index (χ1) is 9.79. The van der Waals surface area contributed by atoms with Crippen LogP contribution in [0.15, 0.2) is 48.6 Å². The SMILES string of the molecule is C=CCNc1ncnc2scc(-c3ccc(F)cc3)c12. The van der Waals surface area contributed by atoms with E-state index in [9.17, 15) is 4.39 Å². The molecule has 0 saturated carbocycles. The van der Waals surface area contributed by atoms with E-state index in [0.29, 0.717) is 6.54 Å². The van der Waals surface area contributed by atoms with Crippen LogP contribution in [0.1, 0.15) is 0 Å². The van der Waals surface area contributed by atoms with Crippen LogP contribution in [-0.4, -0.2) is 16.5 Å². The van der Waals surface area contributed by atoms with Gasteiger partial charge in [-0.25, -0.2) is 14.4 Å². The summed E-state index contributed by atoms with van der Waals surface area (Å²) in [5.74, 6) is 0.532. The molecule has 0 fully saturated rings. The number of aromatic nitrogens is 2. The molecule has 3 nitrogen and oxygen atoms in total. The number of hydrogen-bond acceptors (Lipinski definition) is 4. The topological polar surface area (TPSA) is 37.8 Å². The molecule has 0 radical (unpaired) electrons. The van der Waals surface area contributed by atoms with Crippen LogP contribution in [0.5, 0.6) is 0 Å². The lowest BCUT2D eigenvalue weighted by molar-refractivity contribution is 0.628. The summed E-state index contributed by atoms with van der Waals surface area (Å²) in [4.78, 5) is 9.47. The maximum absolute atomic E-state index is 13.0. The normalized spacial score (nSPS) is 10.7. The summed E-state index contributed by atoms with van der Waals surface area (Å²) in [6.07, 6.45) is 3.32. The van der Waals surface area contributed by atoms with Gasteiger partial charge in [0.05, 0.1) is 5.39 Å². The van der Waals surface area contributed by atoms with E-state index in [1.165, 1.54) is 12.1 Å². The highest BCUT2D eigenvalue weighted by atomic mass is 32.1. The van der Waals surface area contributed by atoms with Gasteiger partial charge in [0.15, 0.2) is 0 Å². The Morgan fingerprint density at radius 1 is 1.25 bits per heavy atom. The van der Waals surface area contributed by atoms with Crippen molar-refractivity contribution in [2.45, 2.75) is 0 Å². The number of hydrogen-bond donors (Lipinski definition) is 1. The lowest BCUT2D eigenvalue weighted by Crippen LogP contribution is -2.01. The second-order valence-electron chi connectivity index (χ2n) is 4.23. The summed E-state index contributed by atoms with van der Waals surface area (Å²) in [6, 6.07) is 6.45. The molecule has 1 aromatic carbocycles. The van der Waals surface area contributed by atoms with Gasteiger partial charge in [0.2, 0.25) is 0 Å². The van der Waals surface area contributed by atoms with E-state index in [1.807, 2.05) is 5.38 Å². The predicted octanol–water partition coefficient (Wildman–Crippen LogP) is 4.10. The van der Waals surface area contributed by atoms with E-state index in [-0.39, 0.29) is 5.82 Å². The van der Waals surface area contributed by atoms with Gasteiger partial charge in [0.25, 0.3) is 0 Å². The largest absolute Gasteiger partial charge is 0.366 e. The number of halogens is 1. The highest BCUT2D eigenvalue weighted by Gasteiger charge is 2.12. The number of nitrogens with zero attached hydrogens (tertiary/aromatic N) is 2. The summed E-state index contributed by atoms with van der Waals surface area (Å²) in [6.45, 7) is 4.32. The van der Waals surface area contributed by atoms with Gasteiger partial charge < -0.3 is 5.32 Å². The van der Waals surface area contributed by atoms with E-state index < -0.39 is 0 Å². The lowest BCUT2D eigenvalue weighted by Gasteiger charge is -2.06. The molecule has 20 heavy (non-hydrogen) atoms. The minimum atomic E-state index is -0.241. The average Bonchev–Trinajstić information content (AvgIpc) is 2.90. The van der Waals surface area contributed by atoms with E-state index in [4.69, 9.17) is 0 Å². The summed E-state index contributed by atoms with van der Waals surface area (Å²) >= 11 is 1.55. The minimum Gasteiger partial charge on any atom is -0.366 e. The Morgan fingerprint density at radius 3 is 2.80 bits per heavy atom. The Labute approximate surface area is 119 Å². The number of anilines is 1. The third kappa shape index (κ3) is 2.28. The highest BCUT2D eigenvalue weighted by molar-refractivity contribution is 7.17. The third-order valence-electron chi connectivity index (χ3n) is 2.94.